The smallest absolute Gasteiger partial charge is 0.251 e. The highest BCUT2D eigenvalue weighted by molar-refractivity contribution is 5.95. The van der Waals surface area contributed by atoms with Gasteiger partial charge >= 0.3 is 0 Å². The topological polar surface area (TPSA) is 41.6 Å². The van der Waals surface area contributed by atoms with E-state index in [1.54, 1.807) is 0 Å². The van der Waals surface area contributed by atoms with Gasteiger partial charge in [0, 0.05) is 38.3 Å². The first-order chi connectivity index (χ1) is 11.1. The summed E-state index contributed by atoms with van der Waals surface area (Å²) in [5.74, 6) is 0.969. The molecule has 0 spiro atoms. The number of amides is 1. The minimum atomic E-state index is -0.0295. The van der Waals surface area contributed by atoms with Crippen molar-refractivity contribution < 1.29 is 9.53 Å². The lowest BCUT2D eigenvalue weighted by Crippen LogP contribution is -2.26. The van der Waals surface area contributed by atoms with E-state index < -0.39 is 0 Å². The average Bonchev–Trinajstić information content (AvgIpc) is 3.02. The SMILES string of the molecule is CN(C)c1cccc(C(=O)NCCc2ccc3c(c2)CCO3)c1. The standard InChI is InChI=1S/C19H22N2O2/c1-21(2)17-5-3-4-16(13-17)19(22)20-10-8-14-6-7-18-15(12-14)9-11-23-18/h3-7,12-13H,8-11H2,1-2H3,(H,20,22). The van der Waals surface area contributed by atoms with Gasteiger partial charge in [0.2, 0.25) is 0 Å². The largest absolute Gasteiger partial charge is 0.493 e. The van der Waals surface area contributed by atoms with Crippen LogP contribution in [0.2, 0.25) is 0 Å². The number of carbonyl (C=O) groups is 1. The van der Waals surface area contributed by atoms with Crippen molar-refractivity contribution in [2.24, 2.45) is 0 Å². The zero-order chi connectivity index (χ0) is 16.2. The molecule has 0 bridgehead atoms. The number of benzene rings is 2. The molecule has 0 radical (unpaired) electrons. The van der Waals surface area contributed by atoms with Crippen LogP contribution < -0.4 is 15.0 Å². The van der Waals surface area contributed by atoms with Gasteiger partial charge in [-0.1, -0.05) is 18.2 Å². The van der Waals surface area contributed by atoms with Gasteiger partial charge in [-0.2, -0.15) is 0 Å². The quantitative estimate of drug-likeness (QED) is 0.923. The van der Waals surface area contributed by atoms with Crippen molar-refractivity contribution in [3.05, 3.63) is 59.2 Å². The third-order valence-corrected chi connectivity index (χ3v) is 4.08. The van der Waals surface area contributed by atoms with Crippen molar-refractivity contribution in [2.45, 2.75) is 12.8 Å². The maximum Gasteiger partial charge on any atom is 0.251 e. The monoisotopic (exact) mass is 310 g/mol. The van der Waals surface area contributed by atoms with Crippen LogP contribution in [0.3, 0.4) is 0 Å². The van der Waals surface area contributed by atoms with Crippen LogP contribution in [-0.2, 0) is 12.8 Å². The Balaban J connectivity index is 1.56. The summed E-state index contributed by atoms with van der Waals surface area (Å²) in [5, 5.41) is 2.99. The summed E-state index contributed by atoms with van der Waals surface area (Å²) in [7, 11) is 3.93. The second-order valence-electron chi connectivity index (χ2n) is 5.99. The second kappa shape index (κ2) is 6.73. The first-order valence-electron chi connectivity index (χ1n) is 7.94. The summed E-state index contributed by atoms with van der Waals surface area (Å²) in [4.78, 5) is 14.2. The Morgan fingerprint density at radius 1 is 1.22 bits per heavy atom. The molecule has 0 aliphatic carbocycles. The van der Waals surface area contributed by atoms with E-state index in [9.17, 15) is 4.79 Å². The zero-order valence-electron chi connectivity index (χ0n) is 13.6. The van der Waals surface area contributed by atoms with Crippen LogP contribution in [0.1, 0.15) is 21.5 Å². The van der Waals surface area contributed by atoms with Gasteiger partial charge in [0.05, 0.1) is 6.61 Å². The van der Waals surface area contributed by atoms with Crippen LogP contribution in [0, 0.1) is 0 Å². The lowest BCUT2D eigenvalue weighted by Gasteiger charge is -2.13. The summed E-state index contributed by atoms with van der Waals surface area (Å²) >= 11 is 0. The van der Waals surface area contributed by atoms with E-state index in [-0.39, 0.29) is 5.91 Å². The van der Waals surface area contributed by atoms with E-state index in [2.05, 4.69) is 17.4 Å². The molecule has 4 nitrogen and oxygen atoms in total. The van der Waals surface area contributed by atoms with Crippen LogP contribution in [0.15, 0.2) is 42.5 Å². The highest BCUT2D eigenvalue weighted by Crippen LogP contribution is 2.25. The Morgan fingerprint density at radius 3 is 2.91 bits per heavy atom. The Hall–Kier alpha value is -2.49. The minimum Gasteiger partial charge on any atom is -0.493 e. The molecule has 0 unspecified atom stereocenters. The molecule has 0 saturated carbocycles. The molecule has 0 saturated heterocycles. The van der Waals surface area contributed by atoms with E-state index in [0.29, 0.717) is 12.1 Å². The highest BCUT2D eigenvalue weighted by atomic mass is 16.5. The maximum absolute atomic E-state index is 12.2. The van der Waals surface area contributed by atoms with Crippen molar-refractivity contribution in [3.8, 4) is 5.75 Å². The molecule has 120 valence electrons. The van der Waals surface area contributed by atoms with Gasteiger partial charge in [0.25, 0.3) is 5.91 Å². The van der Waals surface area contributed by atoms with E-state index in [1.807, 2.05) is 49.3 Å². The summed E-state index contributed by atoms with van der Waals surface area (Å²) in [6.07, 6.45) is 1.80. The molecular formula is C19H22N2O2. The van der Waals surface area contributed by atoms with Crippen molar-refractivity contribution in [1.82, 2.24) is 5.32 Å². The molecule has 1 amide bonds. The molecule has 0 atom stereocenters. The number of rotatable bonds is 5. The Labute approximate surface area is 137 Å². The number of nitrogens with zero attached hydrogens (tertiary/aromatic N) is 1. The molecular weight excluding hydrogens is 288 g/mol. The number of ether oxygens (including phenoxy) is 1. The van der Waals surface area contributed by atoms with Crippen molar-refractivity contribution in [3.63, 3.8) is 0 Å². The van der Waals surface area contributed by atoms with E-state index in [4.69, 9.17) is 4.74 Å². The van der Waals surface area contributed by atoms with Crippen LogP contribution in [-0.4, -0.2) is 33.2 Å². The van der Waals surface area contributed by atoms with Gasteiger partial charge in [-0.05, 0) is 41.8 Å². The first-order valence-corrected chi connectivity index (χ1v) is 7.94. The number of nitrogens with one attached hydrogen (secondary N) is 1. The molecule has 23 heavy (non-hydrogen) atoms. The molecule has 4 heteroatoms. The fourth-order valence-electron chi connectivity index (χ4n) is 2.74. The number of hydrogen-bond acceptors (Lipinski definition) is 3. The summed E-state index contributed by atoms with van der Waals surface area (Å²) < 4.78 is 5.51. The fraction of sp³-hybridized carbons (Fsp3) is 0.316. The normalized spacial score (nSPS) is 12.4. The Kier molecular flexibility index (Phi) is 4.51. The van der Waals surface area contributed by atoms with Crippen LogP contribution in [0.25, 0.3) is 0 Å². The van der Waals surface area contributed by atoms with Gasteiger partial charge in [-0.15, -0.1) is 0 Å². The van der Waals surface area contributed by atoms with Gasteiger partial charge in [-0.3, -0.25) is 4.79 Å². The third kappa shape index (κ3) is 3.65. The molecule has 0 aromatic heterocycles. The molecule has 0 fully saturated rings. The van der Waals surface area contributed by atoms with Gasteiger partial charge in [0.15, 0.2) is 0 Å². The fourth-order valence-corrected chi connectivity index (χ4v) is 2.74. The second-order valence-corrected chi connectivity index (χ2v) is 5.99. The molecule has 2 aromatic rings. The Morgan fingerprint density at radius 2 is 2.09 bits per heavy atom. The Bertz CT molecular complexity index is 710. The van der Waals surface area contributed by atoms with Gasteiger partial charge < -0.3 is 15.0 Å². The lowest BCUT2D eigenvalue weighted by atomic mass is 10.1. The number of fused-ring (bicyclic) bond motifs is 1. The van der Waals surface area contributed by atoms with E-state index >= 15 is 0 Å². The van der Waals surface area contributed by atoms with Gasteiger partial charge in [0.1, 0.15) is 5.75 Å². The zero-order valence-corrected chi connectivity index (χ0v) is 13.6. The molecule has 1 aliphatic rings. The average molecular weight is 310 g/mol. The predicted molar refractivity (Wildman–Crippen MR) is 92.4 cm³/mol. The molecule has 1 heterocycles. The van der Waals surface area contributed by atoms with Crippen LogP contribution in [0.5, 0.6) is 5.75 Å². The molecule has 2 aromatic carbocycles. The van der Waals surface area contributed by atoms with Crippen LogP contribution >= 0.6 is 0 Å². The van der Waals surface area contributed by atoms with E-state index in [0.717, 1.165) is 30.9 Å². The van der Waals surface area contributed by atoms with E-state index in [1.165, 1.54) is 11.1 Å². The first kappa shape index (κ1) is 15.4. The van der Waals surface area contributed by atoms with Crippen molar-refractivity contribution >= 4 is 11.6 Å². The number of carbonyl (C=O) groups excluding carboxylic acids is 1. The number of anilines is 1. The minimum absolute atomic E-state index is 0.0295. The van der Waals surface area contributed by atoms with Crippen molar-refractivity contribution in [2.75, 3.05) is 32.1 Å². The summed E-state index contributed by atoms with van der Waals surface area (Å²) in [6.45, 7) is 1.41. The lowest BCUT2D eigenvalue weighted by molar-refractivity contribution is 0.0954. The molecule has 1 aliphatic heterocycles. The third-order valence-electron chi connectivity index (χ3n) is 4.08. The maximum atomic E-state index is 12.2. The molecule has 1 N–H and O–H groups in total. The molecule has 3 rings (SSSR count). The van der Waals surface area contributed by atoms with Crippen LogP contribution in [0.4, 0.5) is 5.69 Å². The van der Waals surface area contributed by atoms with Gasteiger partial charge in [-0.25, -0.2) is 0 Å². The number of hydrogen-bond donors (Lipinski definition) is 1. The summed E-state index contributed by atoms with van der Waals surface area (Å²) in [5.41, 5.74) is 4.22. The highest BCUT2D eigenvalue weighted by Gasteiger charge is 2.12. The van der Waals surface area contributed by atoms with Crippen molar-refractivity contribution in [1.29, 1.82) is 0 Å². The summed E-state index contributed by atoms with van der Waals surface area (Å²) in [6, 6.07) is 13.9. The predicted octanol–water partition coefficient (Wildman–Crippen LogP) is 2.66.